The van der Waals surface area contributed by atoms with Crippen LogP contribution in [0.15, 0.2) is 0 Å². The first-order valence-corrected chi connectivity index (χ1v) is 4.48. The van der Waals surface area contributed by atoms with E-state index in [1.807, 2.05) is 0 Å². The van der Waals surface area contributed by atoms with Gasteiger partial charge in [-0.3, -0.25) is 0 Å². The second-order valence-electron chi connectivity index (χ2n) is 2.28. The SMILES string of the molecule is C[C@@H]1CCCS1(F)F. The Kier molecular flexibility index (Phi) is 1.48. The van der Waals surface area contributed by atoms with Crippen molar-refractivity contribution in [1.82, 2.24) is 0 Å². The van der Waals surface area contributed by atoms with E-state index in [0.717, 1.165) is 12.8 Å². The maximum absolute atomic E-state index is 12.4. The van der Waals surface area contributed by atoms with Gasteiger partial charge in [0.25, 0.3) is 0 Å². The maximum Gasteiger partial charge on any atom is 0.0599 e. The van der Waals surface area contributed by atoms with Gasteiger partial charge in [0.1, 0.15) is 0 Å². The van der Waals surface area contributed by atoms with Crippen molar-refractivity contribution >= 4 is 10.8 Å². The van der Waals surface area contributed by atoms with Gasteiger partial charge in [0.15, 0.2) is 0 Å². The molecule has 0 N–H and O–H groups in total. The third-order valence-electron chi connectivity index (χ3n) is 1.62. The van der Waals surface area contributed by atoms with E-state index in [0.29, 0.717) is 0 Å². The summed E-state index contributed by atoms with van der Waals surface area (Å²) in [6, 6.07) is 0. The van der Waals surface area contributed by atoms with Gasteiger partial charge >= 0.3 is 0 Å². The Hall–Kier alpha value is 0.210. The smallest absolute Gasteiger partial charge is 0.0599 e. The van der Waals surface area contributed by atoms with Crippen molar-refractivity contribution in [2.75, 3.05) is 5.75 Å². The van der Waals surface area contributed by atoms with Gasteiger partial charge in [0, 0.05) is 11.0 Å². The average Bonchev–Trinajstić information content (AvgIpc) is 1.86. The van der Waals surface area contributed by atoms with E-state index in [9.17, 15) is 7.77 Å². The third-order valence-corrected chi connectivity index (χ3v) is 3.86. The molecule has 8 heavy (non-hydrogen) atoms. The van der Waals surface area contributed by atoms with Crippen LogP contribution in [-0.2, 0) is 0 Å². The van der Waals surface area contributed by atoms with Crippen LogP contribution in [0.2, 0.25) is 0 Å². The quantitative estimate of drug-likeness (QED) is 0.485. The highest BCUT2D eigenvalue weighted by Gasteiger charge is 2.35. The van der Waals surface area contributed by atoms with E-state index >= 15 is 0 Å². The molecule has 0 aliphatic carbocycles. The summed E-state index contributed by atoms with van der Waals surface area (Å²) in [7, 11) is -3.12. The lowest BCUT2D eigenvalue weighted by Gasteiger charge is -2.17. The van der Waals surface area contributed by atoms with Crippen molar-refractivity contribution in [2.24, 2.45) is 0 Å². The zero-order valence-electron chi connectivity index (χ0n) is 4.86. The van der Waals surface area contributed by atoms with Crippen LogP contribution >= 0.6 is 10.8 Å². The first-order chi connectivity index (χ1) is 3.63. The largest absolute Gasteiger partial charge is 0.158 e. The highest BCUT2D eigenvalue weighted by molar-refractivity contribution is 8.26. The molecule has 0 saturated carbocycles. The van der Waals surface area contributed by atoms with Crippen molar-refractivity contribution in [1.29, 1.82) is 0 Å². The Balaban J connectivity index is 2.54. The van der Waals surface area contributed by atoms with Crippen LogP contribution < -0.4 is 0 Å². The van der Waals surface area contributed by atoms with E-state index in [-0.39, 0.29) is 11.0 Å². The summed E-state index contributed by atoms with van der Waals surface area (Å²) < 4.78 is 24.8. The summed E-state index contributed by atoms with van der Waals surface area (Å²) >= 11 is 0. The molecular formula is C5H10F2S. The summed E-state index contributed by atoms with van der Waals surface area (Å²) in [5.74, 6) is 0.189. The van der Waals surface area contributed by atoms with E-state index in [2.05, 4.69) is 0 Å². The first-order valence-electron chi connectivity index (χ1n) is 2.82. The number of halogens is 2. The minimum absolute atomic E-state index is 0.189. The Bertz CT molecular complexity index is 92.4. The minimum atomic E-state index is -3.12. The molecule has 1 aliphatic rings. The lowest BCUT2D eigenvalue weighted by Crippen LogP contribution is -1.97. The summed E-state index contributed by atoms with van der Waals surface area (Å²) in [5, 5.41) is -0.289. The molecule has 1 atom stereocenters. The predicted molar refractivity (Wildman–Crippen MR) is 33.4 cm³/mol. The van der Waals surface area contributed by atoms with Crippen molar-refractivity contribution in [3.8, 4) is 0 Å². The molecule has 0 aromatic carbocycles. The molecule has 50 valence electrons. The van der Waals surface area contributed by atoms with Gasteiger partial charge in [-0.05, 0) is 12.8 Å². The molecule has 0 bridgehead atoms. The first kappa shape index (κ1) is 6.33. The topological polar surface area (TPSA) is 0 Å². The number of hydrogen-bond acceptors (Lipinski definition) is 0. The summed E-state index contributed by atoms with van der Waals surface area (Å²) in [6.45, 7) is 1.66. The molecule has 1 saturated heterocycles. The summed E-state index contributed by atoms with van der Waals surface area (Å²) in [5.41, 5.74) is 0. The van der Waals surface area contributed by atoms with Gasteiger partial charge in [-0.1, -0.05) is 6.92 Å². The number of rotatable bonds is 0. The van der Waals surface area contributed by atoms with Gasteiger partial charge in [0.05, 0.1) is 10.8 Å². The van der Waals surface area contributed by atoms with Crippen LogP contribution in [0.3, 0.4) is 0 Å². The average molecular weight is 140 g/mol. The van der Waals surface area contributed by atoms with Gasteiger partial charge < -0.3 is 0 Å². The highest BCUT2D eigenvalue weighted by Crippen LogP contribution is 2.61. The Labute approximate surface area is 50.2 Å². The molecule has 3 heteroatoms. The van der Waals surface area contributed by atoms with Crippen molar-refractivity contribution in [3.63, 3.8) is 0 Å². The van der Waals surface area contributed by atoms with Crippen molar-refractivity contribution in [2.45, 2.75) is 25.0 Å². The van der Waals surface area contributed by atoms with Gasteiger partial charge in [0.2, 0.25) is 0 Å². The number of hydrogen-bond donors (Lipinski definition) is 0. The molecule has 0 aromatic heterocycles. The zero-order valence-corrected chi connectivity index (χ0v) is 5.68. The molecule has 0 amide bonds. The lowest BCUT2D eigenvalue weighted by molar-refractivity contribution is 0.724. The zero-order chi connectivity index (χ0) is 6.20. The third kappa shape index (κ3) is 0.966. The van der Waals surface area contributed by atoms with E-state index in [1.165, 1.54) is 0 Å². The van der Waals surface area contributed by atoms with Gasteiger partial charge in [-0.25, -0.2) is 0 Å². The molecule has 1 rings (SSSR count). The molecule has 1 heterocycles. The second-order valence-corrected chi connectivity index (χ2v) is 4.73. The predicted octanol–water partition coefficient (Wildman–Crippen LogP) is 2.74. The Morgan fingerprint density at radius 1 is 1.50 bits per heavy atom. The van der Waals surface area contributed by atoms with Crippen LogP contribution in [-0.4, -0.2) is 11.0 Å². The summed E-state index contributed by atoms with van der Waals surface area (Å²) in [4.78, 5) is 0. The molecule has 0 spiro atoms. The Morgan fingerprint density at radius 3 is 2.25 bits per heavy atom. The van der Waals surface area contributed by atoms with Crippen LogP contribution in [0.1, 0.15) is 19.8 Å². The summed E-state index contributed by atoms with van der Waals surface area (Å²) in [6.07, 6.45) is 1.48. The molecule has 1 aliphatic heterocycles. The van der Waals surface area contributed by atoms with Gasteiger partial charge in [-0.2, -0.15) is 7.77 Å². The molecule has 1 fully saturated rings. The van der Waals surface area contributed by atoms with Crippen LogP contribution in [0.4, 0.5) is 7.77 Å². The van der Waals surface area contributed by atoms with E-state index in [1.54, 1.807) is 6.92 Å². The molecular weight excluding hydrogens is 130 g/mol. The Morgan fingerprint density at radius 2 is 2.12 bits per heavy atom. The molecule has 0 unspecified atom stereocenters. The second kappa shape index (κ2) is 1.87. The molecule has 0 radical (unpaired) electrons. The standard InChI is InChI=1S/C5H10F2S/c1-5-3-2-4-8(5,6)7/h5H,2-4H2,1H3/t5-/m1/s1. The van der Waals surface area contributed by atoms with Crippen LogP contribution in [0.5, 0.6) is 0 Å². The van der Waals surface area contributed by atoms with Crippen molar-refractivity contribution in [3.05, 3.63) is 0 Å². The van der Waals surface area contributed by atoms with Crippen LogP contribution in [0, 0.1) is 0 Å². The monoisotopic (exact) mass is 140 g/mol. The van der Waals surface area contributed by atoms with Crippen molar-refractivity contribution < 1.29 is 7.77 Å². The van der Waals surface area contributed by atoms with Crippen LogP contribution in [0.25, 0.3) is 0 Å². The fourth-order valence-corrected chi connectivity index (χ4v) is 2.40. The highest BCUT2D eigenvalue weighted by atomic mass is 32.3. The molecule has 0 nitrogen and oxygen atoms in total. The fraction of sp³-hybridized carbons (Fsp3) is 1.00. The molecule has 0 aromatic rings. The normalized spacial score (nSPS) is 39.6. The fourth-order valence-electron chi connectivity index (χ4n) is 0.937. The minimum Gasteiger partial charge on any atom is -0.158 e. The van der Waals surface area contributed by atoms with E-state index in [4.69, 9.17) is 0 Å². The van der Waals surface area contributed by atoms with E-state index < -0.39 is 10.8 Å². The lowest BCUT2D eigenvalue weighted by atomic mass is 10.3. The van der Waals surface area contributed by atoms with Gasteiger partial charge in [-0.15, -0.1) is 0 Å². The maximum atomic E-state index is 12.4.